The molecule has 3 aliphatic heterocycles. The van der Waals surface area contributed by atoms with E-state index in [-0.39, 0.29) is 24.0 Å². The van der Waals surface area contributed by atoms with Crippen LogP contribution in [-0.4, -0.2) is 98.8 Å². The third kappa shape index (κ3) is 5.45. The van der Waals surface area contributed by atoms with Crippen molar-refractivity contribution in [1.82, 2.24) is 20.0 Å². The summed E-state index contributed by atoms with van der Waals surface area (Å²) in [5.41, 5.74) is 0.387. The molecule has 0 aliphatic carbocycles. The number of nitrogens with one attached hydrogen (secondary N) is 1. The van der Waals surface area contributed by atoms with Crippen LogP contribution >= 0.6 is 24.0 Å². The van der Waals surface area contributed by atoms with E-state index in [4.69, 9.17) is 9.73 Å². The first kappa shape index (κ1) is 22.2. The number of hydrogen-bond donors (Lipinski definition) is 1. The molecule has 1 N–H and O–H groups in total. The molecule has 3 aliphatic rings. The predicted molar refractivity (Wildman–Crippen MR) is 119 cm³/mol. The highest BCUT2D eigenvalue weighted by Crippen LogP contribution is 2.38. The van der Waals surface area contributed by atoms with Gasteiger partial charge in [0.2, 0.25) is 0 Å². The van der Waals surface area contributed by atoms with Crippen LogP contribution in [0.15, 0.2) is 4.99 Å². The number of guanidine groups is 1. The lowest BCUT2D eigenvalue weighted by molar-refractivity contribution is 0.109. The number of ether oxygens (including phenoxy) is 1. The Morgan fingerprint density at radius 2 is 1.92 bits per heavy atom. The highest BCUT2D eigenvalue weighted by molar-refractivity contribution is 14.0. The average Bonchev–Trinajstić information content (AvgIpc) is 3.28. The Balaban J connectivity index is 0.00000243. The van der Waals surface area contributed by atoms with Gasteiger partial charge >= 0.3 is 0 Å². The summed E-state index contributed by atoms with van der Waals surface area (Å²) in [6.07, 6.45) is 2.45. The molecular weight excluding hydrogens is 441 g/mol. The van der Waals surface area contributed by atoms with E-state index in [9.17, 15) is 0 Å². The fraction of sp³-hybridized carbons (Fsp3) is 0.947. The number of likely N-dealkylation sites (tertiary alicyclic amines) is 1. The number of likely N-dealkylation sites (N-methyl/N-ethyl adjacent to an activating group) is 1. The maximum atomic E-state index is 5.67. The van der Waals surface area contributed by atoms with Crippen LogP contribution in [0.5, 0.6) is 0 Å². The fourth-order valence-corrected chi connectivity index (χ4v) is 4.37. The normalized spacial score (nSPS) is 29.2. The van der Waals surface area contributed by atoms with E-state index >= 15 is 0 Å². The molecule has 0 radical (unpaired) electrons. The van der Waals surface area contributed by atoms with Crippen LogP contribution < -0.4 is 5.32 Å². The van der Waals surface area contributed by atoms with Crippen molar-refractivity contribution < 1.29 is 4.74 Å². The van der Waals surface area contributed by atoms with Crippen molar-refractivity contribution in [3.8, 4) is 0 Å². The Kier molecular flexibility index (Phi) is 8.90. The molecule has 3 rings (SSSR count). The summed E-state index contributed by atoms with van der Waals surface area (Å²) in [7, 11) is 0. The second-order valence-electron chi connectivity index (χ2n) is 7.99. The number of halogens is 1. The summed E-state index contributed by atoms with van der Waals surface area (Å²) < 4.78 is 5.67. The van der Waals surface area contributed by atoms with Gasteiger partial charge in [-0.25, -0.2) is 0 Å². The largest absolute Gasteiger partial charge is 0.381 e. The quantitative estimate of drug-likeness (QED) is 0.370. The maximum absolute atomic E-state index is 5.67. The van der Waals surface area contributed by atoms with Gasteiger partial charge in [-0.1, -0.05) is 6.92 Å². The molecule has 3 fully saturated rings. The van der Waals surface area contributed by atoms with E-state index in [1.54, 1.807) is 0 Å². The van der Waals surface area contributed by atoms with Gasteiger partial charge in [-0.05, 0) is 33.2 Å². The van der Waals surface area contributed by atoms with Crippen LogP contribution in [0.3, 0.4) is 0 Å². The van der Waals surface area contributed by atoms with Crippen molar-refractivity contribution in [1.29, 1.82) is 0 Å². The van der Waals surface area contributed by atoms with Gasteiger partial charge in [-0.15, -0.1) is 24.0 Å². The molecule has 26 heavy (non-hydrogen) atoms. The van der Waals surface area contributed by atoms with Crippen LogP contribution in [0.4, 0.5) is 0 Å². The van der Waals surface area contributed by atoms with E-state index in [0.717, 1.165) is 45.4 Å². The number of aliphatic imine (C=N–C) groups is 1. The van der Waals surface area contributed by atoms with Crippen LogP contribution in [0.2, 0.25) is 0 Å². The van der Waals surface area contributed by atoms with Crippen molar-refractivity contribution in [3.05, 3.63) is 0 Å². The van der Waals surface area contributed by atoms with E-state index in [1.807, 2.05) is 0 Å². The Morgan fingerprint density at radius 3 is 2.54 bits per heavy atom. The molecule has 1 spiro atoms. The van der Waals surface area contributed by atoms with E-state index in [2.05, 4.69) is 40.8 Å². The van der Waals surface area contributed by atoms with Crippen molar-refractivity contribution >= 4 is 29.9 Å². The van der Waals surface area contributed by atoms with Gasteiger partial charge in [0.1, 0.15) is 0 Å². The Hall–Kier alpha value is -0.120. The van der Waals surface area contributed by atoms with E-state index in [0.29, 0.717) is 11.5 Å². The third-order valence-electron chi connectivity index (χ3n) is 6.24. The molecular formula is C19H38IN5O. The zero-order chi connectivity index (χ0) is 17.7. The zero-order valence-electron chi connectivity index (χ0n) is 16.9. The zero-order valence-corrected chi connectivity index (χ0v) is 19.2. The first-order chi connectivity index (χ1) is 12.2. The average molecular weight is 479 g/mol. The number of piperazine rings is 1. The molecule has 2 unspecified atom stereocenters. The number of rotatable bonds is 5. The molecule has 0 aromatic carbocycles. The van der Waals surface area contributed by atoms with Crippen molar-refractivity contribution in [2.24, 2.45) is 10.4 Å². The SMILES string of the molecule is CCNC(=NCC(C)N1CCN(CC)CC1)N1CCC2(CCOC2)C1.I. The van der Waals surface area contributed by atoms with Gasteiger partial charge in [0.15, 0.2) is 5.96 Å². The Morgan fingerprint density at radius 1 is 1.15 bits per heavy atom. The molecule has 0 saturated carbocycles. The summed E-state index contributed by atoms with van der Waals surface area (Å²) in [5.74, 6) is 1.10. The minimum Gasteiger partial charge on any atom is -0.381 e. The lowest BCUT2D eigenvalue weighted by Crippen LogP contribution is -2.50. The smallest absolute Gasteiger partial charge is 0.193 e. The van der Waals surface area contributed by atoms with Gasteiger partial charge in [0.05, 0.1) is 13.2 Å². The first-order valence-corrected chi connectivity index (χ1v) is 10.2. The second kappa shape index (κ2) is 10.4. The maximum Gasteiger partial charge on any atom is 0.193 e. The topological polar surface area (TPSA) is 43.3 Å². The molecule has 3 heterocycles. The summed E-state index contributed by atoms with van der Waals surface area (Å²) in [6, 6.07) is 0.513. The van der Waals surface area contributed by atoms with Gasteiger partial charge in [-0.2, -0.15) is 0 Å². The minimum atomic E-state index is 0. The van der Waals surface area contributed by atoms with Gasteiger partial charge in [-0.3, -0.25) is 9.89 Å². The fourth-order valence-electron chi connectivity index (χ4n) is 4.37. The number of hydrogen-bond acceptors (Lipinski definition) is 4. The minimum absolute atomic E-state index is 0. The molecule has 6 nitrogen and oxygen atoms in total. The molecule has 2 atom stereocenters. The lowest BCUT2D eigenvalue weighted by atomic mass is 9.87. The summed E-state index contributed by atoms with van der Waals surface area (Å²) >= 11 is 0. The van der Waals surface area contributed by atoms with Gasteiger partial charge in [0.25, 0.3) is 0 Å². The molecule has 3 saturated heterocycles. The number of nitrogens with zero attached hydrogens (tertiary/aromatic N) is 4. The monoisotopic (exact) mass is 479 g/mol. The predicted octanol–water partition coefficient (Wildman–Crippen LogP) is 1.71. The van der Waals surface area contributed by atoms with E-state index < -0.39 is 0 Å². The molecule has 0 aromatic rings. The summed E-state index contributed by atoms with van der Waals surface area (Å²) in [4.78, 5) is 12.6. The van der Waals surface area contributed by atoms with E-state index in [1.165, 1.54) is 45.6 Å². The molecule has 0 amide bonds. The third-order valence-corrected chi connectivity index (χ3v) is 6.24. The van der Waals surface area contributed by atoms with Gasteiger partial charge < -0.3 is 19.9 Å². The summed E-state index contributed by atoms with van der Waals surface area (Å²) in [6.45, 7) is 18.5. The Bertz CT molecular complexity index is 447. The van der Waals surface area contributed by atoms with Crippen molar-refractivity contribution in [2.75, 3.05) is 72.1 Å². The van der Waals surface area contributed by atoms with Crippen LogP contribution in [-0.2, 0) is 4.74 Å². The highest BCUT2D eigenvalue weighted by Gasteiger charge is 2.42. The second-order valence-corrected chi connectivity index (χ2v) is 7.99. The highest BCUT2D eigenvalue weighted by atomic mass is 127. The van der Waals surface area contributed by atoms with Gasteiger partial charge in [0, 0.05) is 63.9 Å². The Labute approximate surface area is 176 Å². The molecule has 152 valence electrons. The summed E-state index contributed by atoms with van der Waals surface area (Å²) in [5, 5.41) is 3.51. The molecule has 0 aromatic heterocycles. The molecule has 0 bridgehead atoms. The van der Waals surface area contributed by atoms with Crippen LogP contribution in [0.25, 0.3) is 0 Å². The van der Waals surface area contributed by atoms with Crippen molar-refractivity contribution in [2.45, 2.75) is 39.7 Å². The van der Waals surface area contributed by atoms with Crippen LogP contribution in [0, 0.1) is 5.41 Å². The molecule has 7 heteroatoms. The lowest BCUT2D eigenvalue weighted by Gasteiger charge is -2.37. The van der Waals surface area contributed by atoms with Crippen molar-refractivity contribution in [3.63, 3.8) is 0 Å². The first-order valence-electron chi connectivity index (χ1n) is 10.2. The standard InChI is InChI=1S/C19H37N5O.HI/c1-4-20-18(24-8-6-19(15-24)7-13-25-16-19)21-14-17(3)23-11-9-22(5-2)10-12-23;/h17H,4-16H2,1-3H3,(H,20,21);1H. The van der Waals surface area contributed by atoms with Crippen LogP contribution in [0.1, 0.15) is 33.6 Å².